The predicted molar refractivity (Wildman–Crippen MR) is 133 cm³/mol. The minimum absolute atomic E-state index is 0.0858. The number of para-hydroxylation sites is 1. The Morgan fingerprint density at radius 3 is 2.56 bits per heavy atom. The van der Waals surface area contributed by atoms with Crippen LogP contribution in [0.2, 0.25) is 5.02 Å². The Bertz CT molecular complexity index is 1610. The van der Waals surface area contributed by atoms with Crippen LogP contribution in [-0.2, 0) is 14.9 Å². The molecule has 8 nitrogen and oxygen atoms in total. The molecule has 4 aromatic rings. The van der Waals surface area contributed by atoms with Gasteiger partial charge in [-0.25, -0.2) is 4.39 Å². The monoisotopic (exact) mass is 540 g/mol. The Kier molecular flexibility index (Phi) is 7.40. The van der Waals surface area contributed by atoms with Crippen molar-refractivity contribution in [2.45, 2.75) is 4.90 Å². The molecule has 0 saturated carbocycles. The van der Waals surface area contributed by atoms with Crippen LogP contribution in [0.3, 0.4) is 0 Å². The summed E-state index contributed by atoms with van der Waals surface area (Å²) in [6, 6.07) is 19.0. The first-order valence-corrected chi connectivity index (χ1v) is 12.7. The van der Waals surface area contributed by atoms with E-state index in [1.807, 2.05) is 0 Å². The molecule has 0 atom stereocenters. The average Bonchev–Trinajstić information content (AvgIpc) is 3.32. The molecule has 0 fully saturated rings. The van der Waals surface area contributed by atoms with Gasteiger partial charge in [-0.3, -0.25) is 10.1 Å². The summed E-state index contributed by atoms with van der Waals surface area (Å²) in [5, 5.41) is 20.6. The summed E-state index contributed by atoms with van der Waals surface area (Å²) in [4.78, 5) is 12.6. The lowest BCUT2D eigenvalue weighted by atomic mass is 10.1. The van der Waals surface area contributed by atoms with Crippen LogP contribution in [0.25, 0.3) is 16.6 Å². The molecule has 180 valence electrons. The van der Waals surface area contributed by atoms with Crippen molar-refractivity contribution >= 4 is 50.2 Å². The van der Waals surface area contributed by atoms with E-state index in [1.165, 1.54) is 60.7 Å². The van der Waals surface area contributed by atoms with E-state index < -0.39 is 21.8 Å². The lowest BCUT2D eigenvalue weighted by Crippen LogP contribution is -2.13. The van der Waals surface area contributed by atoms with Gasteiger partial charge in [0.2, 0.25) is 5.13 Å². The van der Waals surface area contributed by atoms with E-state index in [-0.39, 0.29) is 26.9 Å². The van der Waals surface area contributed by atoms with Gasteiger partial charge in [0.25, 0.3) is 5.91 Å². The molecule has 36 heavy (non-hydrogen) atoms. The highest BCUT2D eigenvalue weighted by Gasteiger charge is 2.19. The topological polar surface area (TPSA) is 122 Å². The molecule has 1 aromatic heterocycles. The van der Waals surface area contributed by atoms with Crippen molar-refractivity contribution in [3.63, 3.8) is 0 Å². The summed E-state index contributed by atoms with van der Waals surface area (Å²) < 4.78 is 44.1. The van der Waals surface area contributed by atoms with Crippen molar-refractivity contribution in [2.24, 2.45) is 0 Å². The van der Waals surface area contributed by atoms with Gasteiger partial charge in [0, 0.05) is 16.1 Å². The van der Waals surface area contributed by atoms with E-state index in [4.69, 9.17) is 15.8 Å². The maximum Gasteiger partial charge on any atom is 0.339 e. The van der Waals surface area contributed by atoms with E-state index in [0.29, 0.717) is 15.6 Å². The Morgan fingerprint density at radius 1 is 1.08 bits per heavy atom. The highest BCUT2D eigenvalue weighted by molar-refractivity contribution is 7.87. The molecule has 0 saturated heterocycles. The third-order valence-electron chi connectivity index (χ3n) is 4.60. The minimum Gasteiger partial charge on any atom is -0.378 e. The fourth-order valence-corrected chi connectivity index (χ4v) is 4.74. The van der Waals surface area contributed by atoms with Gasteiger partial charge in [-0.05, 0) is 48.5 Å². The van der Waals surface area contributed by atoms with E-state index in [9.17, 15) is 22.9 Å². The number of rotatable bonds is 7. The molecule has 4 rings (SSSR count). The van der Waals surface area contributed by atoms with Crippen LogP contribution in [0.4, 0.5) is 9.52 Å². The van der Waals surface area contributed by atoms with Crippen molar-refractivity contribution in [2.75, 3.05) is 5.32 Å². The summed E-state index contributed by atoms with van der Waals surface area (Å²) in [6.07, 6.45) is 1.19. The molecular formula is C24H14ClFN4O4S2. The summed E-state index contributed by atoms with van der Waals surface area (Å²) in [6.45, 7) is 0. The fraction of sp³-hybridized carbons (Fsp3) is 0. The van der Waals surface area contributed by atoms with E-state index in [1.54, 1.807) is 24.3 Å². The molecule has 1 amide bonds. The van der Waals surface area contributed by atoms with Crippen molar-refractivity contribution in [3.05, 3.63) is 94.8 Å². The molecule has 0 spiro atoms. The highest BCUT2D eigenvalue weighted by atomic mass is 35.5. The van der Waals surface area contributed by atoms with E-state index >= 15 is 0 Å². The number of hydrogen-bond acceptors (Lipinski definition) is 8. The number of carbonyl (C=O) groups excluding carboxylic acids is 1. The van der Waals surface area contributed by atoms with Gasteiger partial charge in [0.1, 0.15) is 33.1 Å². The minimum atomic E-state index is -4.21. The Morgan fingerprint density at radius 2 is 1.83 bits per heavy atom. The zero-order valence-corrected chi connectivity index (χ0v) is 20.4. The van der Waals surface area contributed by atoms with Crippen molar-refractivity contribution in [1.82, 2.24) is 10.2 Å². The average molecular weight is 541 g/mol. The molecule has 12 heteroatoms. The van der Waals surface area contributed by atoms with Crippen LogP contribution in [0.5, 0.6) is 5.75 Å². The number of hydrogen-bond donors (Lipinski definition) is 1. The van der Waals surface area contributed by atoms with Crippen molar-refractivity contribution in [1.29, 1.82) is 5.26 Å². The Balaban J connectivity index is 1.55. The number of anilines is 1. The molecular weight excluding hydrogens is 527 g/mol. The summed E-state index contributed by atoms with van der Waals surface area (Å²) in [7, 11) is -4.21. The van der Waals surface area contributed by atoms with Gasteiger partial charge in [-0.15, -0.1) is 10.2 Å². The predicted octanol–water partition coefficient (Wildman–Crippen LogP) is 5.31. The SMILES string of the molecule is N#C/C(=C\c1ccccc1OS(=O)(=O)c1ccc(Cl)cc1)C(=O)Nc1nnc(-c2cccc(F)c2)s1. The molecule has 1 heterocycles. The van der Waals surface area contributed by atoms with Gasteiger partial charge in [-0.1, -0.05) is 53.3 Å². The highest BCUT2D eigenvalue weighted by Crippen LogP contribution is 2.28. The standard InChI is InChI=1S/C24H14ClFN4O4S2/c25-18-8-10-20(11-9-18)36(32,33)34-21-7-2-1-4-15(21)12-17(14-27)22(31)28-24-30-29-23(35-24)16-5-3-6-19(26)13-16/h1-13H,(H,28,30,31)/b17-12+. The maximum atomic E-state index is 13.5. The first-order valence-electron chi connectivity index (χ1n) is 10.1. The molecule has 0 aliphatic carbocycles. The number of benzene rings is 3. The molecule has 0 aliphatic heterocycles. The van der Waals surface area contributed by atoms with Gasteiger partial charge in [0.05, 0.1) is 0 Å². The molecule has 3 aromatic carbocycles. The van der Waals surface area contributed by atoms with Crippen molar-refractivity contribution < 1.29 is 21.8 Å². The van der Waals surface area contributed by atoms with Crippen LogP contribution >= 0.6 is 22.9 Å². The second-order valence-corrected chi connectivity index (χ2v) is 10.0. The normalized spacial score (nSPS) is 11.5. The largest absolute Gasteiger partial charge is 0.378 e. The lowest BCUT2D eigenvalue weighted by molar-refractivity contribution is -0.112. The van der Waals surface area contributed by atoms with Gasteiger partial charge < -0.3 is 4.18 Å². The van der Waals surface area contributed by atoms with E-state index in [2.05, 4.69) is 15.5 Å². The fourth-order valence-electron chi connectivity index (χ4n) is 2.92. The third kappa shape index (κ3) is 5.92. The third-order valence-corrected chi connectivity index (χ3v) is 6.99. The summed E-state index contributed by atoms with van der Waals surface area (Å²) in [5.74, 6) is -1.32. The summed E-state index contributed by atoms with van der Waals surface area (Å²) in [5.41, 5.74) is 0.328. The van der Waals surface area contributed by atoms with Crippen molar-refractivity contribution in [3.8, 4) is 22.4 Å². The zero-order chi connectivity index (χ0) is 25.7. The number of aromatic nitrogens is 2. The van der Waals surface area contributed by atoms with Gasteiger partial charge in [-0.2, -0.15) is 13.7 Å². The summed E-state index contributed by atoms with van der Waals surface area (Å²) >= 11 is 6.81. The molecule has 1 N–H and O–H groups in total. The van der Waals surface area contributed by atoms with Gasteiger partial charge in [0.15, 0.2) is 0 Å². The second kappa shape index (κ2) is 10.7. The molecule has 0 bridgehead atoms. The van der Waals surface area contributed by atoms with Crippen LogP contribution in [0, 0.1) is 17.1 Å². The number of nitriles is 1. The number of carbonyl (C=O) groups is 1. The Hall–Kier alpha value is -4.11. The number of nitrogens with zero attached hydrogens (tertiary/aromatic N) is 3. The van der Waals surface area contributed by atoms with Crippen LogP contribution < -0.4 is 9.50 Å². The first-order chi connectivity index (χ1) is 17.2. The number of amides is 1. The Labute approximate surface area is 214 Å². The molecule has 0 aliphatic rings. The maximum absolute atomic E-state index is 13.5. The smallest absolute Gasteiger partial charge is 0.339 e. The van der Waals surface area contributed by atoms with Gasteiger partial charge >= 0.3 is 10.1 Å². The van der Waals surface area contributed by atoms with Crippen LogP contribution in [0.1, 0.15) is 5.56 Å². The second-order valence-electron chi connectivity index (χ2n) is 7.08. The molecule has 0 unspecified atom stereocenters. The lowest BCUT2D eigenvalue weighted by Gasteiger charge is -2.10. The molecule has 0 radical (unpaired) electrons. The quantitative estimate of drug-likeness (QED) is 0.191. The first kappa shape index (κ1) is 25.0. The van der Waals surface area contributed by atoms with E-state index in [0.717, 1.165) is 11.3 Å². The number of halogens is 2. The number of nitrogens with one attached hydrogen (secondary N) is 1. The van der Waals surface area contributed by atoms with Crippen LogP contribution in [0.15, 0.2) is 83.3 Å². The van der Waals surface area contributed by atoms with Crippen LogP contribution in [-0.4, -0.2) is 24.5 Å². The zero-order valence-electron chi connectivity index (χ0n) is 18.1.